The average Bonchev–Trinajstić information content (AvgIpc) is 3.24. The highest BCUT2D eigenvalue weighted by Crippen LogP contribution is 2.66. The summed E-state index contributed by atoms with van der Waals surface area (Å²) in [6, 6.07) is 5.84. The van der Waals surface area contributed by atoms with Gasteiger partial charge in [-0.1, -0.05) is 25.6 Å². The number of Topliss-reactive ketones (excluding diaryl/α,β-unsaturated/α-hetero) is 1. The summed E-state index contributed by atoms with van der Waals surface area (Å²) in [5.74, 6) is 1.63. The van der Waals surface area contributed by atoms with Crippen molar-refractivity contribution in [3.63, 3.8) is 0 Å². The first-order chi connectivity index (χ1) is 14.4. The number of fused-ring (bicyclic) bond motifs is 3. The normalized spacial score (nSPS) is 36.6. The van der Waals surface area contributed by atoms with Gasteiger partial charge >= 0.3 is 0 Å². The van der Waals surface area contributed by atoms with E-state index in [4.69, 9.17) is 23.7 Å². The lowest BCUT2D eigenvalue weighted by atomic mass is 9.65. The van der Waals surface area contributed by atoms with Gasteiger partial charge in [-0.3, -0.25) is 4.79 Å². The Morgan fingerprint density at radius 3 is 2.67 bits per heavy atom. The minimum atomic E-state index is -1.21. The highest BCUT2D eigenvalue weighted by molar-refractivity contribution is 5.95. The highest BCUT2D eigenvalue weighted by Gasteiger charge is 2.75. The van der Waals surface area contributed by atoms with Crippen molar-refractivity contribution >= 4 is 5.78 Å². The second-order valence-electron chi connectivity index (χ2n) is 8.59. The highest BCUT2D eigenvalue weighted by atomic mass is 16.7. The molecule has 1 aromatic rings. The van der Waals surface area contributed by atoms with Crippen LogP contribution in [-0.4, -0.2) is 44.6 Å². The first kappa shape index (κ1) is 20.9. The van der Waals surface area contributed by atoms with Crippen LogP contribution in [0, 0.1) is 11.3 Å². The predicted molar refractivity (Wildman–Crippen MR) is 112 cm³/mol. The molecule has 6 unspecified atom stereocenters. The van der Waals surface area contributed by atoms with Crippen LogP contribution in [0.2, 0.25) is 0 Å². The van der Waals surface area contributed by atoms with Gasteiger partial charge in [0.15, 0.2) is 22.9 Å². The van der Waals surface area contributed by atoms with Crippen molar-refractivity contribution in [2.45, 2.75) is 50.4 Å². The van der Waals surface area contributed by atoms with Crippen LogP contribution >= 0.6 is 0 Å². The van der Waals surface area contributed by atoms with E-state index in [9.17, 15) is 4.79 Å². The lowest BCUT2D eigenvalue weighted by Gasteiger charge is -2.48. The third kappa shape index (κ3) is 2.66. The fourth-order valence-corrected chi connectivity index (χ4v) is 6.02. The Hall–Kier alpha value is -2.31. The topological polar surface area (TPSA) is 63.2 Å². The standard InChI is InChI=1S/C24H30O6/c1-7-10-23-12-19(26-5)21(25)24(27-6,22(23)30-14(2)3)20(15(23)4)16-8-9-17-18(11-16)29-13-28-17/h7-9,11,15,19-20,22H,1-2,10,12-13H2,3-6H3. The monoisotopic (exact) mass is 414 g/mol. The molecule has 4 rings (SSSR count). The zero-order chi connectivity index (χ0) is 21.7. The van der Waals surface area contributed by atoms with Crippen LogP contribution in [0.1, 0.15) is 38.2 Å². The van der Waals surface area contributed by atoms with Crippen molar-refractivity contribution < 1.29 is 28.5 Å². The molecule has 3 aliphatic rings. The van der Waals surface area contributed by atoms with Crippen molar-refractivity contribution in [3.8, 4) is 11.5 Å². The molecule has 0 saturated heterocycles. The van der Waals surface area contributed by atoms with Gasteiger partial charge in [0.1, 0.15) is 12.2 Å². The van der Waals surface area contributed by atoms with Crippen LogP contribution in [0.25, 0.3) is 0 Å². The Balaban J connectivity index is 1.94. The van der Waals surface area contributed by atoms with Crippen LogP contribution in [0.15, 0.2) is 43.2 Å². The Kier molecular flexibility index (Phi) is 5.19. The summed E-state index contributed by atoms with van der Waals surface area (Å²) < 4.78 is 29.2. The van der Waals surface area contributed by atoms with Crippen molar-refractivity contribution in [2.75, 3.05) is 21.0 Å². The maximum Gasteiger partial charge on any atom is 0.231 e. The average molecular weight is 414 g/mol. The molecular formula is C24H30O6. The van der Waals surface area contributed by atoms with Crippen LogP contribution < -0.4 is 9.47 Å². The van der Waals surface area contributed by atoms with E-state index in [1.165, 1.54) is 0 Å². The minimum Gasteiger partial charge on any atom is -0.492 e. The van der Waals surface area contributed by atoms with Crippen LogP contribution in [0.4, 0.5) is 0 Å². The molecule has 0 amide bonds. The van der Waals surface area contributed by atoms with Crippen LogP contribution in [0.3, 0.4) is 0 Å². The second kappa shape index (κ2) is 7.43. The van der Waals surface area contributed by atoms with Gasteiger partial charge in [-0.25, -0.2) is 0 Å². The fraction of sp³-hybridized carbons (Fsp3) is 0.542. The molecule has 0 radical (unpaired) electrons. The molecule has 1 aromatic carbocycles. The number of ketones is 1. The molecule has 162 valence electrons. The Labute approximate surface area is 177 Å². The number of methoxy groups -OCH3 is 2. The Morgan fingerprint density at radius 1 is 1.30 bits per heavy atom. The van der Waals surface area contributed by atoms with Crippen molar-refractivity contribution in [3.05, 3.63) is 48.8 Å². The van der Waals surface area contributed by atoms with Gasteiger partial charge in [-0.15, -0.1) is 6.58 Å². The van der Waals surface area contributed by atoms with E-state index >= 15 is 0 Å². The largest absolute Gasteiger partial charge is 0.492 e. The van der Waals surface area contributed by atoms with Gasteiger partial charge < -0.3 is 23.7 Å². The van der Waals surface area contributed by atoms with Crippen molar-refractivity contribution in [1.82, 2.24) is 0 Å². The molecule has 2 bridgehead atoms. The Bertz CT molecular complexity index is 878. The summed E-state index contributed by atoms with van der Waals surface area (Å²) in [6.45, 7) is 12.1. The zero-order valence-electron chi connectivity index (χ0n) is 18.1. The number of hydrogen-bond donors (Lipinski definition) is 0. The van der Waals surface area contributed by atoms with E-state index in [0.29, 0.717) is 30.1 Å². The Morgan fingerprint density at radius 2 is 2.03 bits per heavy atom. The molecule has 6 heteroatoms. The number of ether oxygens (including phenoxy) is 5. The molecule has 1 heterocycles. The van der Waals surface area contributed by atoms with Gasteiger partial charge in [0.2, 0.25) is 6.79 Å². The fourth-order valence-electron chi connectivity index (χ4n) is 6.02. The maximum absolute atomic E-state index is 13.8. The number of hydrogen-bond acceptors (Lipinski definition) is 6. The van der Waals surface area contributed by atoms with E-state index in [1.807, 2.05) is 24.3 Å². The summed E-state index contributed by atoms with van der Waals surface area (Å²) in [5.41, 5.74) is -0.652. The third-order valence-electron chi connectivity index (χ3n) is 7.24. The van der Waals surface area contributed by atoms with Gasteiger partial charge in [-0.2, -0.15) is 0 Å². The molecule has 30 heavy (non-hydrogen) atoms. The molecule has 6 nitrogen and oxygen atoms in total. The van der Waals surface area contributed by atoms with Gasteiger partial charge in [0.05, 0.1) is 5.76 Å². The molecule has 1 aliphatic heterocycles. The summed E-state index contributed by atoms with van der Waals surface area (Å²) >= 11 is 0. The van der Waals surface area contributed by atoms with Crippen molar-refractivity contribution in [1.29, 1.82) is 0 Å². The summed E-state index contributed by atoms with van der Waals surface area (Å²) in [5, 5.41) is 0. The van der Waals surface area contributed by atoms with Crippen LogP contribution in [0.5, 0.6) is 11.5 Å². The van der Waals surface area contributed by atoms with Gasteiger partial charge in [0.25, 0.3) is 0 Å². The molecule has 6 atom stereocenters. The first-order valence-corrected chi connectivity index (χ1v) is 10.3. The summed E-state index contributed by atoms with van der Waals surface area (Å²) in [4.78, 5) is 13.8. The third-order valence-corrected chi connectivity index (χ3v) is 7.24. The lowest BCUT2D eigenvalue weighted by Crippen LogP contribution is -2.63. The van der Waals surface area contributed by atoms with Crippen molar-refractivity contribution in [2.24, 2.45) is 11.3 Å². The van der Waals surface area contributed by atoms with Gasteiger partial charge in [-0.05, 0) is 43.4 Å². The second-order valence-corrected chi connectivity index (χ2v) is 8.59. The lowest BCUT2D eigenvalue weighted by molar-refractivity contribution is -0.190. The quantitative estimate of drug-likeness (QED) is 0.496. The number of benzene rings is 1. The SMILES string of the molecule is C=CCC12CC(OC)C(=O)C(OC)(C(c3ccc4c(c3)OCO4)C1C)C2OC(=C)C. The predicted octanol–water partition coefficient (Wildman–Crippen LogP) is 4.00. The molecule has 2 saturated carbocycles. The molecule has 0 aromatic heterocycles. The number of carbonyl (C=O) groups excluding carboxylic acids is 1. The van der Waals surface area contributed by atoms with Crippen LogP contribution in [-0.2, 0) is 19.0 Å². The van der Waals surface area contributed by atoms with Gasteiger partial charge in [0, 0.05) is 25.6 Å². The molecule has 2 aliphatic carbocycles. The molecule has 0 spiro atoms. The number of allylic oxidation sites excluding steroid dienone is 2. The number of rotatable bonds is 7. The zero-order valence-corrected chi connectivity index (χ0v) is 18.1. The maximum atomic E-state index is 13.8. The van der Waals surface area contributed by atoms with E-state index in [0.717, 1.165) is 5.56 Å². The smallest absolute Gasteiger partial charge is 0.231 e. The van der Waals surface area contributed by atoms with E-state index in [2.05, 4.69) is 20.1 Å². The van der Waals surface area contributed by atoms with E-state index in [-0.39, 0.29) is 24.4 Å². The molecule has 2 fully saturated rings. The van der Waals surface area contributed by atoms with E-state index < -0.39 is 23.2 Å². The van der Waals surface area contributed by atoms with E-state index in [1.54, 1.807) is 21.1 Å². The minimum absolute atomic E-state index is 0.0456. The summed E-state index contributed by atoms with van der Waals surface area (Å²) in [6.07, 6.45) is 2.03. The number of carbonyl (C=O) groups is 1. The molecule has 0 N–H and O–H groups in total. The summed E-state index contributed by atoms with van der Waals surface area (Å²) in [7, 11) is 3.16. The first-order valence-electron chi connectivity index (χ1n) is 10.3. The molecular weight excluding hydrogens is 384 g/mol.